The van der Waals surface area contributed by atoms with E-state index >= 15 is 0 Å². The molecule has 0 spiro atoms. The quantitative estimate of drug-likeness (QED) is 0.841. The van der Waals surface area contributed by atoms with E-state index in [1.54, 1.807) is 6.08 Å². The molecule has 2 aromatic rings. The first kappa shape index (κ1) is 13.3. The topological polar surface area (TPSA) is 41.5 Å². The van der Waals surface area contributed by atoms with Crippen LogP contribution in [0.5, 0.6) is 0 Å². The van der Waals surface area contributed by atoms with Crippen LogP contribution in [0.2, 0.25) is 0 Å². The van der Waals surface area contributed by atoms with Crippen LogP contribution in [0.25, 0.3) is 6.08 Å². The van der Waals surface area contributed by atoms with Crippen LogP contribution in [0.15, 0.2) is 59.2 Å². The molecule has 0 unspecified atom stereocenters. The van der Waals surface area contributed by atoms with Gasteiger partial charge in [-0.3, -0.25) is 4.79 Å². The molecule has 104 valence electrons. The van der Waals surface area contributed by atoms with Crippen molar-refractivity contribution < 1.29 is 4.79 Å². The van der Waals surface area contributed by atoms with E-state index in [1.165, 1.54) is 11.1 Å². The third-order valence-corrected chi connectivity index (χ3v) is 3.40. The fourth-order valence-electron chi connectivity index (χ4n) is 2.14. The van der Waals surface area contributed by atoms with Crippen LogP contribution >= 0.6 is 0 Å². The van der Waals surface area contributed by atoms with E-state index < -0.39 is 0 Å². The van der Waals surface area contributed by atoms with Crippen molar-refractivity contribution in [3.63, 3.8) is 0 Å². The number of hydrogen-bond acceptors (Lipinski definition) is 2. The third-order valence-electron chi connectivity index (χ3n) is 3.40. The molecule has 1 N–H and O–H groups in total. The maximum absolute atomic E-state index is 12.0. The predicted molar refractivity (Wildman–Crippen MR) is 85.0 cm³/mol. The molecule has 3 nitrogen and oxygen atoms in total. The standard InChI is InChI=1S/C18H16N2O/c1-12-3-7-14(8-4-12)11-16-18(21)20-17(19-16)15-9-5-13(2)6-10-15/h3-11H,1-2H3,(H,19,20,21)/b16-11+. The number of carbonyl (C=O) groups excluding carboxylic acids is 1. The normalized spacial score (nSPS) is 16.0. The molecule has 0 fully saturated rings. The summed E-state index contributed by atoms with van der Waals surface area (Å²) in [6.07, 6.45) is 1.80. The summed E-state index contributed by atoms with van der Waals surface area (Å²) in [6.45, 7) is 4.06. The molecule has 0 saturated heterocycles. The summed E-state index contributed by atoms with van der Waals surface area (Å²) in [5, 5.41) is 2.81. The molecule has 1 aliphatic rings. The highest BCUT2D eigenvalue weighted by Gasteiger charge is 2.20. The van der Waals surface area contributed by atoms with Crippen molar-refractivity contribution in [2.75, 3.05) is 0 Å². The van der Waals surface area contributed by atoms with Crippen molar-refractivity contribution in [2.24, 2.45) is 4.99 Å². The minimum atomic E-state index is -0.161. The van der Waals surface area contributed by atoms with Crippen LogP contribution < -0.4 is 5.32 Å². The van der Waals surface area contributed by atoms with Gasteiger partial charge in [-0.2, -0.15) is 0 Å². The molecule has 1 aliphatic heterocycles. The summed E-state index contributed by atoms with van der Waals surface area (Å²) >= 11 is 0. The van der Waals surface area contributed by atoms with Crippen LogP contribution in [0.1, 0.15) is 22.3 Å². The SMILES string of the molecule is Cc1ccc(/C=C2/N=C(c3ccc(C)cc3)NC2=O)cc1. The molecule has 0 saturated carbocycles. The highest BCUT2D eigenvalue weighted by molar-refractivity contribution is 6.19. The van der Waals surface area contributed by atoms with Gasteiger partial charge in [0.2, 0.25) is 0 Å². The molecule has 1 amide bonds. The minimum Gasteiger partial charge on any atom is -0.305 e. The Labute approximate surface area is 124 Å². The van der Waals surface area contributed by atoms with Crippen molar-refractivity contribution in [3.8, 4) is 0 Å². The maximum Gasteiger partial charge on any atom is 0.275 e. The monoisotopic (exact) mass is 276 g/mol. The van der Waals surface area contributed by atoms with E-state index in [9.17, 15) is 4.79 Å². The average Bonchev–Trinajstić information content (AvgIpc) is 2.83. The molecule has 0 aromatic heterocycles. The lowest BCUT2D eigenvalue weighted by atomic mass is 10.1. The number of amides is 1. The van der Waals surface area contributed by atoms with Gasteiger partial charge in [-0.1, -0.05) is 59.7 Å². The van der Waals surface area contributed by atoms with E-state index in [0.717, 1.165) is 11.1 Å². The highest BCUT2D eigenvalue weighted by atomic mass is 16.2. The lowest BCUT2D eigenvalue weighted by molar-refractivity contribution is -0.115. The molecule has 1 heterocycles. The Balaban J connectivity index is 1.91. The number of aliphatic imine (C=N–C) groups is 1. The van der Waals surface area contributed by atoms with E-state index in [1.807, 2.05) is 62.4 Å². The van der Waals surface area contributed by atoms with Crippen molar-refractivity contribution in [1.82, 2.24) is 5.32 Å². The first-order valence-electron chi connectivity index (χ1n) is 6.87. The Bertz CT molecular complexity index is 738. The van der Waals surface area contributed by atoms with Gasteiger partial charge in [-0.15, -0.1) is 0 Å². The first-order valence-corrected chi connectivity index (χ1v) is 6.87. The molecule has 0 atom stereocenters. The number of benzene rings is 2. The van der Waals surface area contributed by atoms with Gasteiger partial charge in [0.25, 0.3) is 5.91 Å². The minimum absolute atomic E-state index is 0.161. The number of rotatable bonds is 2. The fourth-order valence-corrected chi connectivity index (χ4v) is 2.14. The van der Waals surface area contributed by atoms with Crippen LogP contribution in [-0.4, -0.2) is 11.7 Å². The van der Waals surface area contributed by atoms with Gasteiger partial charge >= 0.3 is 0 Å². The Morgan fingerprint density at radius 1 is 0.905 bits per heavy atom. The summed E-state index contributed by atoms with van der Waals surface area (Å²) in [6, 6.07) is 15.9. The molecule has 21 heavy (non-hydrogen) atoms. The Kier molecular flexibility index (Phi) is 3.40. The van der Waals surface area contributed by atoms with Gasteiger partial charge in [0.15, 0.2) is 0 Å². The second kappa shape index (κ2) is 5.37. The molecule has 0 radical (unpaired) electrons. The van der Waals surface area contributed by atoms with E-state index in [4.69, 9.17) is 0 Å². The largest absolute Gasteiger partial charge is 0.305 e. The number of amidine groups is 1. The number of carbonyl (C=O) groups is 1. The van der Waals surface area contributed by atoms with E-state index in [2.05, 4.69) is 10.3 Å². The van der Waals surface area contributed by atoms with Gasteiger partial charge in [0.05, 0.1) is 0 Å². The molecular formula is C18H16N2O. The van der Waals surface area contributed by atoms with Crippen LogP contribution in [-0.2, 0) is 4.79 Å². The Morgan fingerprint density at radius 2 is 1.48 bits per heavy atom. The van der Waals surface area contributed by atoms with Crippen molar-refractivity contribution in [2.45, 2.75) is 13.8 Å². The summed E-state index contributed by atoms with van der Waals surface area (Å²) in [7, 11) is 0. The number of hydrogen-bond donors (Lipinski definition) is 1. The average molecular weight is 276 g/mol. The van der Waals surface area contributed by atoms with E-state index in [0.29, 0.717) is 11.5 Å². The fraction of sp³-hybridized carbons (Fsp3) is 0.111. The number of aryl methyl sites for hydroxylation is 2. The number of nitrogens with zero attached hydrogens (tertiary/aromatic N) is 1. The molecule has 0 aliphatic carbocycles. The summed E-state index contributed by atoms with van der Waals surface area (Å²) < 4.78 is 0. The van der Waals surface area contributed by atoms with Crippen LogP contribution in [0.3, 0.4) is 0 Å². The lowest BCUT2D eigenvalue weighted by Crippen LogP contribution is -2.24. The maximum atomic E-state index is 12.0. The summed E-state index contributed by atoms with van der Waals surface area (Å²) in [4.78, 5) is 16.4. The Morgan fingerprint density at radius 3 is 2.10 bits per heavy atom. The molecule has 3 heteroatoms. The smallest absolute Gasteiger partial charge is 0.275 e. The zero-order valence-electron chi connectivity index (χ0n) is 12.1. The van der Waals surface area contributed by atoms with Gasteiger partial charge in [-0.25, -0.2) is 4.99 Å². The second-order valence-corrected chi connectivity index (χ2v) is 5.22. The lowest BCUT2D eigenvalue weighted by Gasteiger charge is -2.00. The van der Waals surface area contributed by atoms with Crippen LogP contribution in [0.4, 0.5) is 0 Å². The van der Waals surface area contributed by atoms with Crippen molar-refractivity contribution >= 4 is 17.8 Å². The van der Waals surface area contributed by atoms with Crippen molar-refractivity contribution in [1.29, 1.82) is 0 Å². The van der Waals surface area contributed by atoms with E-state index in [-0.39, 0.29) is 5.91 Å². The number of nitrogens with one attached hydrogen (secondary N) is 1. The highest BCUT2D eigenvalue weighted by Crippen LogP contribution is 2.15. The zero-order chi connectivity index (χ0) is 14.8. The third kappa shape index (κ3) is 2.92. The van der Waals surface area contributed by atoms with Gasteiger partial charge in [0.1, 0.15) is 11.5 Å². The molecule has 2 aromatic carbocycles. The zero-order valence-corrected chi connectivity index (χ0v) is 12.1. The molecule has 3 rings (SSSR count). The summed E-state index contributed by atoms with van der Waals surface area (Å²) in [5.74, 6) is 0.449. The van der Waals surface area contributed by atoms with Crippen molar-refractivity contribution in [3.05, 3.63) is 76.5 Å². The van der Waals surface area contributed by atoms with Gasteiger partial charge < -0.3 is 5.32 Å². The second-order valence-electron chi connectivity index (χ2n) is 5.22. The van der Waals surface area contributed by atoms with Crippen LogP contribution in [0, 0.1) is 13.8 Å². The molecular weight excluding hydrogens is 260 g/mol. The summed E-state index contributed by atoms with van der Waals surface area (Å²) in [5.41, 5.74) is 4.70. The molecule has 0 bridgehead atoms. The van der Waals surface area contributed by atoms with Gasteiger partial charge in [-0.05, 0) is 25.5 Å². The predicted octanol–water partition coefficient (Wildman–Crippen LogP) is 3.22. The van der Waals surface area contributed by atoms with Gasteiger partial charge in [0, 0.05) is 5.56 Å². The first-order chi connectivity index (χ1) is 10.1. The Hall–Kier alpha value is -2.68.